The molecule has 2 aromatic rings. The zero-order valence-corrected chi connectivity index (χ0v) is 11.6. The van der Waals surface area contributed by atoms with Gasteiger partial charge in [-0.05, 0) is 13.0 Å². The highest BCUT2D eigenvalue weighted by Gasteiger charge is 2.22. The number of hydrogen-bond donors (Lipinski definition) is 0. The van der Waals surface area contributed by atoms with Crippen LogP contribution in [0.1, 0.15) is 18.7 Å². The summed E-state index contributed by atoms with van der Waals surface area (Å²) in [6.45, 7) is 3.85. The van der Waals surface area contributed by atoms with Crippen molar-refractivity contribution in [3.05, 3.63) is 29.7 Å². The minimum Gasteiger partial charge on any atom is -0.467 e. The van der Waals surface area contributed by atoms with E-state index >= 15 is 0 Å². The summed E-state index contributed by atoms with van der Waals surface area (Å²) in [6.07, 6.45) is 5.87. The van der Waals surface area contributed by atoms with Crippen molar-refractivity contribution in [2.45, 2.75) is 25.9 Å². The van der Waals surface area contributed by atoms with E-state index in [1.807, 2.05) is 24.6 Å². The van der Waals surface area contributed by atoms with Crippen LogP contribution >= 0.6 is 11.3 Å². The van der Waals surface area contributed by atoms with Crippen molar-refractivity contribution < 1.29 is 4.74 Å². The Balaban J connectivity index is 1.57. The van der Waals surface area contributed by atoms with Gasteiger partial charge in [0.25, 0.3) is 5.19 Å². The van der Waals surface area contributed by atoms with Crippen LogP contribution in [0.3, 0.4) is 0 Å². The Bertz CT molecular complexity index is 523. The Labute approximate surface area is 116 Å². The van der Waals surface area contributed by atoms with Crippen LogP contribution in [0.25, 0.3) is 0 Å². The van der Waals surface area contributed by atoms with Gasteiger partial charge in [0.2, 0.25) is 0 Å². The van der Waals surface area contributed by atoms with E-state index in [2.05, 4.69) is 19.9 Å². The number of anilines is 1. The molecule has 1 fully saturated rings. The summed E-state index contributed by atoms with van der Waals surface area (Å²) in [5, 5.41) is 2.71. The quantitative estimate of drug-likeness (QED) is 0.861. The van der Waals surface area contributed by atoms with Gasteiger partial charge in [-0.2, -0.15) is 0 Å². The van der Waals surface area contributed by atoms with E-state index in [0.717, 1.165) is 42.8 Å². The Hall–Kier alpha value is -1.69. The maximum Gasteiger partial charge on any atom is 0.273 e. The number of aromatic nitrogens is 3. The van der Waals surface area contributed by atoms with E-state index < -0.39 is 0 Å². The second-order valence-corrected chi connectivity index (χ2v) is 5.42. The number of thiazole rings is 1. The van der Waals surface area contributed by atoms with E-state index in [9.17, 15) is 0 Å². The second kappa shape index (κ2) is 5.52. The standard InChI is InChI=1S/C13H16N4OS/c1-10-14-5-2-12(16-10)17-7-3-11(4-8-17)18-13-15-6-9-19-13/h2,5-6,9,11H,3-4,7-8H2,1H3. The van der Waals surface area contributed by atoms with E-state index in [-0.39, 0.29) is 6.10 Å². The lowest BCUT2D eigenvalue weighted by Gasteiger charge is -2.32. The van der Waals surface area contributed by atoms with Gasteiger partial charge in [-0.15, -0.1) is 0 Å². The maximum atomic E-state index is 5.85. The highest BCUT2D eigenvalue weighted by molar-refractivity contribution is 7.11. The molecule has 19 heavy (non-hydrogen) atoms. The molecule has 1 saturated heterocycles. The summed E-state index contributed by atoms with van der Waals surface area (Å²) in [4.78, 5) is 15.0. The topological polar surface area (TPSA) is 51.1 Å². The van der Waals surface area contributed by atoms with Gasteiger partial charge in [-0.25, -0.2) is 15.0 Å². The molecule has 3 heterocycles. The van der Waals surface area contributed by atoms with Crippen molar-refractivity contribution in [2.24, 2.45) is 0 Å². The van der Waals surface area contributed by atoms with Crippen LogP contribution in [0.5, 0.6) is 5.19 Å². The molecular weight excluding hydrogens is 260 g/mol. The number of piperidine rings is 1. The third kappa shape index (κ3) is 3.01. The van der Waals surface area contributed by atoms with Crippen LogP contribution in [-0.4, -0.2) is 34.1 Å². The molecule has 6 heteroatoms. The molecule has 0 unspecified atom stereocenters. The molecule has 0 spiro atoms. The molecule has 2 aromatic heterocycles. The van der Waals surface area contributed by atoms with Crippen molar-refractivity contribution in [3.8, 4) is 5.19 Å². The second-order valence-electron chi connectivity index (χ2n) is 4.56. The fourth-order valence-corrected chi connectivity index (χ4v) is 2.79. The predicted molar refractivity (Wildman–Crippen MR) is 74.7 cm³/mol. The minimum atomic E-state index is 0.269. The average Bonchev–Trinajstić information content (AvgIpc) is 2.92. The summed E-state index contributed by atoms with van der Waals surface area (Å²) in [5.74, 6) is 1.83. The van der Waals surface area contributed by atoms with Crippen LogP contribution in [0, 0.1) is 6.92 Å². The van der Waals surface area contributed by atoms with Gasteiger partial charge in [-0.3, -0.25) is 0 Å². The molecule has 0 saturated carbocycles. The van der Waals surface area contributed by atoms with Crippen LogP contribution < -0.4 is 9.64 Å². The molecule has 0 atom stereocenters. The van der Waals surface area contributed by atoms with Gasteiger partial charge in [0.15, 0.2) is 0 Å². The van der Waals surface area contributed by atoms with E-state index in [1.54, 1.807) is 17.5 Å². The molecule has 3 rings (SSSR count). The molecule has 0 amide bonds. The van der Waals surface area contributed by atoms with Gasteiger partial charge >= 0.3 is 0 Å². The number of aryl methyl sites for hydroxylation is 1. The summed E-state index contributed by atoms with van der Waals surface area (Å²) in [5.41, 5.74) is 0. The highest BCUT2D eigenvalue weighted by atomic mass is 32.1. The molecule has 100 valence electrons. The minimum absolute atomic E-state index is 0.269. The van der Waals surface area contributed by atoms with Gasteiger partial charge in [0.05, 0.1) is 0 Å². The van der Waals surface area contributed by atoms with Crippen molar-refractivity contribution in [3.63, 3.8) is 0 Å². The summed E-state index contributed by atoms with van der Waals surface area (Å²) in [6, 6.07) is 1.97. The van der Waals surface area contributed by atoms with Crippen LogP contribution in [0.2, 0.25) is 0 Å². The fraction of sp³-hybridized carbons (Fsp3) is 0.462. The van der Waals surface area contributed by atoms with Crippen molar-refractivity contribution in [1.82, 2.24) is 15.0 Å². The third-order valence-corrected chi connectivity index (χ3v) is 3.87. The zero-order valence-electron chi connectivity index (χ0n) is 10.8. The Kier molecular flexibility index (Phi) is 3.59. The predicted octanol–water partition coefficient (Wildman–Crippen LogP) is 2.29. The van der Waals surface area contributed by atoms with Crippen LogP contribution in [-0.2, 0) is 0 Å². The lowest BCUT2D eigenvalue weighted by Crippen LogP contribution is -2.38. The highest BCUT2D eigenvalue weighted by Crippen LogP contribution is 2.23. The van der Waals surface area contributed by atoms with Gasteiger partial charge in [0.1, 0.15) is 17.7 Å². The van der Waals surface area contributed by atoms with E-state index in [0.29, 0.717) is 0 Å². The van der Waals surface area contributed by atoms with Gasteiger partial charge < -0.3 is 9.64 Å². The van der Waals surface area contributed by atoms with Gasteiger partial charge in [0, 0.05) is 43.7 Å². The molecule has 0 aromatic carbocycles. The lowest BCUT2D eigenvalue weighted by molar-refractivity contribution is 0.170. The third-order valence-electron chi connectivity index (χ3n) is 3.20. The van der Waals surface area contributed by atoms with Crippen LogP contribution in [0.4, 0.5) is 5.82 Å². The maximum absolute atomic E-state index is 5.85. The Morgan fingerprint density at radius 1 is 1.26 bits per heavy atom. The number of ether oxygens (including phenoxy) is 1. The molecule has 1 aliphatic rings. The van der Waals surface area contributed by atoms with Crippen molar-refractivity contribution in [1.29, 1.82) is 0 Å². The molecule has 0 bridgehead atoms. The Morgan fingerprint density at radius 3 is 2.79 bits per heavy atom. The normalized spacial score (nSPS) is 16.6. The van der Waals surface area contributed by atoms with Crippen molar-refractivity contribution >= 4 is 17.2 Å². The number of rotatable bonds is 3. The monoisotopic (exact) mass is 276 g/mol. The first kappa shape index (κ1) is 12.3. The lowest BCUT2D eigenvalue weighted by atomic mass is 10.1. The largest absolute Gasteiger partial charge is 0.467 e. The average molecular weight is 276 g/mol. The summed E-state index contributed by atoms with van der Waals surface area (Å²) >= 11 is 1.55. The molecule has 0 radical (unpaired) electrons. The van der Waals surface area contributed by atoms with Gasteiger partial charge in [-0.1, -0.05) is 11.3 Å². The molecule has 1 aliphatic heterocycles. The summed E-state index contributed by atoms with van der Waals surface area (Å²) < 4.78 is 5.85. The SMILES string of the molecule is Cc1nccc(N2CCC(Oc3nccs3)CC2)n1. The number of nitrogens with zero attached hydrogens (tertiary/aromatic N) is 4. The molecular formula is C13H16N4OS. The smallest absolute Gasteiger partial charge is 0.273 e. The molecule has 5 nitrogen and oxygen atoms in total. The van der Waals surface area contributed by atoms with Crippen molar-refractivity contribution in [2.75, 3.05) is 18.0 Å². The fourth-order valence-electron chi connectivity index (χ4n) is 2.23. The van der Waals surface area contributed by atoms with Crippen LogP contribution in [0.15, 0.2) is 23.8 Å². The zero-order chi connectivity index (χ0) is 13.1. The first-order valence-corrected chi connectivity index (χ1v) is 7.30. The first-order chi connectivity index (χ1) is 9.31. The Morgan fingerprint density at radius 2 is 2.11 bits per heavy atom. The molecule has 0 N–H and O–H groups in total. The first-order valence-electron chi connectivity index (χ1n) is 6.42. The summed E-state index contributed by atoms with van der Waals surface area (Å²) in [7, 11) is 0. The van der Waals surface area contributed by atoms with E-state index in [4.69, 9.17) is 4.74 Å². The number of hydrogen-bond acceptors (Lipinski definition) is 6. The van der Waals surface area contributed by atoms with E-state index in [1.165, 1.54) is 0 Å². The molecule has 0 aliphatic carbocycles.